The molecule has 0 aliphatic heterocycles. The Morgan fingerprint density at radius 2 is 2.17 bits per heavy atom. The van der Waals surface area contributed by atoms with Gasteiger partial charge in [-0.1, -0.05) is 18.2 Å². The molecule has 4 nitrogen and oxygen atoms in total. The summed E-state index contributed by atoms with van der Waals surface area (Å²) in [5, 5.41) is 5.83. The molecule has 0 N–H and O–H groups in total. The number of aryl methyl sites for hydroxylation is 2. The van der Waals surface area contributed by atoms with Crippen LogP contribution in [-0.2, 0) is 6.54 Å². The van der Waals surface area contributed by atoms with Crippen LogP contribution in [0.15, 0.2) is 41.5 Å². The molecule has 1 aromatic carbocycles. The van der Waals surface area contributed by atoms with E-state index in [1.54, 1.807) is 10.8 Å². The van der Waals surface area contributed by atoms with Crippen molar-refractivity contribution >= 4 is 10.8 Å². The predicted molar refractivity (Wildman–Crippen MR) is 88.4 cm³/mol. The van der Waals surface area contributed by atoms with Gasteiger partial charge in [0.15, 0.2) is 0 Å². The van der Waals surface area contributed by atoms with Crippen LogP contribution in [0.25, 0.3) is 21.9 Å². The molecular weight excluding hydrogens is 293 g/mol. The Morgan fingerprint density at radius 1 is 1.39 bits per heavy atom. The summed E-state index contributed by atoms with van der Waals surface area (Å²) in [5.74, 6) is 0. The molecule has 2 atom stereocenters. The van der Waals surface area contributed by atoms with Crippen LogP contribution in [0, 0.1) is 6.92 Å². The first-order valence-corrected chi connectivity index (χ1v) is 7.92. The van der Waals surface area contributed by atoms with E-state index in [-0.39, 0.29) is 11.6 Å². The quantitative estimate of drug-likeness (QED) is 0.743. The minimum absolute atomic E-state index is 0.106. The third kappa shape index (κ3) is 2.19. The van der Waals surface area contributed by atoms with Crippen molar-refractivity contribution < 1.29 is 4.39 Å². The van der Waals surface area contributed by atoms with Crippen molar-refractivity contribution in [1.29, 1.82) is 0 Å². The molecule has 1 aliphatic carbocycles. The molecule has 4 rings (SSSR count). The Hall–Kier alpha value is -2.43. The second kappa shape index (κ2) is 5.05. The Morgan fingerprint density at radius 3 is 2.83 bits per heavy atom. The van der Waals surface area contributed by atoms with Crippen molar-refractivity contribution in [3.63, 3.8) is 0 Å². The predicted octanol–water partition coefficient (Wildman–Crippen LogP) is 3.48. The number of benzene rings is 1. The molecule has 0 bridgehead atoms. The maximum absolute atomic E-state index is 13.5. The van der Waals surface area contributed by atoms with E-state index in [2.05, 4.69) is 5.10 Å². The number of halogens is 1. The lowest BCUT2D eigenvalue weighted by Crippen LogP contribution is -2.22. The van der Waals surface area contributed by atoms with Crippen LogP contribution in [0.5, 0.6) is 0 Å². The number of nitrogens with zero attached hydrogens (tertiary/aromatic N) is 3. The molecule has 0 radical (unpaired) electrons. The van der Waals surface area contributed by atoms with Crippen LogP contribution < -0.4 is 5.56 Å². The van der Waals surface area contributed by atoms with Crippen molar-refractivity contribution in [3.8, 4) is 11.1 Å². The van der Waals surface area contributed by atoms with Gasteiger partial charge in [0, 0.05) is 30.4 Å². The fourth-order valence-corrected chi connectivity index (χ4v) is 3.25. The monoisotopic (exact) mass is 311 g/mol. The third-order valence-electron chi connectivity index (χ3n) is 4.55. The molecule has 0 amide bonds. The Balaban J connectivity index is 2.00. The SMILES string of the molecule is CCn1cc(-c2cccc3cc(C)n(C4CC4F)c(=O)c23)cn1. The summed E-state index contributed by atoms with van der Waals surface area (Å²) in [7, 11) is 0. The molecule has 1 fully saturated rings. The molecule has 1 aliphatic rings. The lowest BCUT2D eigenvalue weighted by molar-refractivity contribution is 0.436. The second-order valence-corrected chi connectivity index (χ2v) is 6.13. The first-order valence-electron chi connectivity index (χ1n) is 7.92. The van der Waals surface area contributed by atoms with Gasteiger partial charge in [0.25, 0.3) is 5.56 Å². The van der Waals surface area contributed by atoms with Crippen LogP contribution in [0.4, 0.5) is 4.39 Å². The Labute approximate surface area is 133 Å². The number of rotatable bonds is 3. The zero-order chi connectivity index (χ0) is 16.1. The molecule has 1 saturated carbocycles. The molecule has 0 spiro atoms. The molecule has 2 aromatic heterocycles. The normalized spacial score (nSPS) is 20.1. The molecular formula is C18H18FN3O. The van der Waals surface area contributed by atoms with Gasteiger partial charge in [-0.05, 0) is 30.9 Å². The fourth-order valence-electron chi connectivity index (χ4n) is 3.25. The maximum atomic E-state index is 13.5. The lowest BCUT2D eigenvalue weighted by Gasteiger charge is -2.12. The van der Waals surface area contributed by atoms with Gasteiger partial charge < -0.3 is 4.57 Å². The molecule has 118 valence electrons. The largest absolute Gasteiger partial charge is 0.306 e. The number of hydrogen-bond donors (Lipinski definition) is 0. The summed E-state index contributed by atoms with van der Waals surface area (Å²) >= 11 is 0. The van der Waals surface area contributed by atoms with Gasteiger partial charge in [0.05, 0.1) is 17.6 Å². The van der Waals surface area contributed by atoms with Gasteiger partial charge >= 0.3 is 0 Å². The standard InChI is InChI=1S/C18H18FN3O/c1-3-21-10-13(9-20-21)14-6-4-5-12-7-11(2)22(16-8-15(16)19)18(23)17(12)14/h4-7,9-10,15-16H,3,8H2,1-2H3. The first-order chi connectivity index (χ1) is 11.1. The Bertz CT molecular complexity index is 957. The smallest absolute Gasteiger partial charge is 0.259 e. The van der Waals surface area contributed by atoms with Crippen molar-refractivity contribution in [3.05, 3.63) is 52.7 Å². The van der Waals surface area contributed by atoms with E-state index in [0.29, 0.717) is 11.8 Å². The van der Waals surface area contributed by atoms with Crippen LogP contribution in [0.1, 0.15) is 25.1 Å². The topological polar surface area (TPSA) is 39.8 Å². The number of pyridine rings is 1. The molecule has 0 saturated heterocycles. The summed E-state index contributed by atoms with van der Waals surface area (Å²) in [6.45, 7) is 4.66. The summed E-state index contributed by atoms with van der Waals surface area (Å²) in [4.78, 5) is 13.0. The average molecular weight is 311 g/mol. The molecule has 5 heteroatoms. The molecule has 23 heavy (non-hydrogen) atoms. The summed E-state index contributed by atoms with van der Waals surface area (Å²) in [5.41, 5.74) is 2.48. The van der Waals surface area contributed by atoms with Crippen molar-refractivity contribution in [2.45, 2.75) is 39.0 Å². The van der Waals surface area contributed by atoms with Gasteiger partial charge in [-0.3, -0.25) is 9.48 Å². The van der Waals surface area contributed by atoms with Crippen LogP contribution in [-0.4, -0.2) is 20.5 Å². The van der Waals surface area contributed by atoms with Gasteiger partial charge in [-0.25, -0.2) is 4.39 Å². The highest BCUT2D eigenvalue weighted by molar-refractivity contribution is 5.96. The van der Waals surface area contributed by atoms with E-state index >= 15 is 0 Å². The second-order valence-electron chi connectivity index (χ2n) is 6.13. The zero-order valence-electron chi connectivity index (χ0n) is 13.2. The van der Waals surface area contributed by atoms with E-state index in [1.807, 2.05) is 49.0 Å². The fraction of sp³-hybridized carbons (Fsp3) is 0.333. The summed E-state index contributed by atoms with van der Waals surface area (Å²) < 4.78 is 17.0. The molecule has 3 aromatic rings. The van der Waals surface area contributed by atoms with Crippen molar-refractivity contribution in [2.75, 3.05) is 0 Å². The average Bonchev–Trinajstić information content (AvgIpc) is 3.07. The highest BCUT2D eigenvalue weighted by atomic mass is 19.1. The lowest BCUT2D eigenvalue weighted by atomic mass is 10.0. The summed E-state index contributed by atoms with van der Waals surface area (Å²) in [6.07, 6.45) is 3.24. The number of alkyl halides is 1. The highest BCUT2D eigenvalue weighted by Crippen LogP contribution is 2.39. The number of hydrogen-bond acceptors (Lipinski definition) is 2. The van der Waals surface area contributed by atoms with E-state index in [0.717, 1.165) is 28.8 Å². The minimum Gasteiger partial charge on any atom is -0.306 e. The van der Waals surface area contributed by atoms with E-state index < -0.39 is 6.17 Å². The highest BCUT2D eigenvalue weighted by Gasteiger charge is 2.40. The van der Waals surface area contributed by atoms with Crippen LogP contribution in [0.3, 0.4) is 0 Å². The van der Waals surface area contributed by atoms with Gasteiger partial charge in [0.1, 0.15) is 6.17 Å². The van der Waals surface area contributed by atoms with Crippen molar-refractivity contribution in [2.24, 2.45) is 0 Å². The third-order valence-corrected chi connectivity index (χ3v) is 4.55. The van der Waals surface area contributed by atoms with Crippen molar-refractivity contribution in [1.82, 2.24) is 14.3 Å². The summed E-state index contributed by atoms with van der Waals surface area (Å²) in [6, 6.07) is 7.47. The number of fused-ring (bicyclic) bond motifs is 1. The molecule has 2 unspecified atom stereocenters. The van der Waals surface area contributed by atoms with E-state index in [1.165, 1.54) is 0 Å². The zero-order valence-corrected chi connectivity index (χ0v) is 13.2. The van der Waals surface area contributed by atoms with Gasteiger partial charge in [-0.2, -0.15) is 5.10 Å². The first kappa shape index (κ1) is 14.2. The molecule has 2 heterocycles. The van der Waals surface area contributed by atoms with E-state index in [9.17, 15) is 9.18 Å². The van der Waals surface area contributed by atoms with Crippen LogP contribution >= 0.6 is 0 Å². The Kier molecular flexibility index (Phi) is 3.11. The minimum atomic E-state index is -0.904. The number of aromatic nitrogens is 3. The maximum Gasteiger partial charge on any atom is 0.259 e. The van der Waals surface area contributed by atoms with Crippen LogP contribution in [0.2, 0.25) is 0 Å². The van der Waals surface area contributed by atoms with E-state index in [4.69, 9.17) is 0 Å². The van der Waals surface area contributed by atoms with Gasteiger partial charge in [-0.15, -0.1) is 0 Å². The van der Waals surface area contributed by atoms with Gasteiger partial charge in [0.2, 0.25) is 0 Å².